The standard InChI is InChI=1S/C15H12F3N3O5/c16-15(17,18)26-10-5-1-8(2-6-10)19-11(22)7-20-12(23)13(24)21(14(20)25)9-3-4-9/h1-2,5-6,9H,3-4,7H2,(H,19,22). The van der Waals surface area contributed by atoms with Gasteiger partial charge in [0.25, 0.3) is 0 Å². The summed E-state index contributed by atoms with van der Waals surface area (Å²) in [7, 11) is 0. The molecule has 0 atom stereocenters. The monoisotopic (exact) mass is 371 g/mol. The van der Waals surface area contributed by atoms with Crippen molar-refractivity contribution in [2.75, 3.05) is 11.9 Å². The van der Waals surface area contributed by atoms with Gasteiger partial charge in [-0.05, 0) is 37.1 Å². The fraction of sp³-hybridized carbons (Fsp3) is 0.333. The Hall–Kier alpha value is -3.11. The molecule has 1 saturated heterocycles. The van der Waals surface area contributed by atoms with Crippen molar-refractivity contribution >= 4 is 29.4 Å². The van der Waals surface area contributed by atoms with Crippen LogP contribution in [0, 0.1) is 0 Å². The van der Waals surface area contributed by atoms with Crippen molar-refractivity contribution in [3.8, 4) is 5.75 Å². The third-order valence-electron chi connectivity index (χ3n) is 3.67. The average Bonchev–Trinajstić information content (AvgIpc) is 3.34. The van der Waals surface area contributed by atoms with Gasteiger partial charge in [0.2, 0.25) is 5.91 Å². The van der Waals surface area contributed by atoms with Crippen LogP contribution in [0.1, 0.15) is 12.8 Å². The first-order valence-electron chi connectivity index (χ1n) is 7.50. The third kappa shape index (κ3) is 3.76. The first-order chi connectivity index (χ1) is 12.2. The molecule has 1 heterocycles. The van der Waals surface area contributed by atoms with Gasteiger partial charge in [-0.1, -0.05) is 0 Å². The SMILES string of the molecule is O=C(CN1C(=O)C(=O)N(C2CC2)C1=O)Nc1ccc(OC(F)(F)F)cc1. The number of rotatable bonds is 5. The van der Waals surface area contributed by atoms with Crippen LogP contribution in [0.15, 0.2) is 24.3 Å². The van der Waals surface area contributed by atoms with E-state index in [2.05, 4.69) is 10.1 Å². The maximum absolute atomic E-state index is 12.1. The summed E-state index contributed by atoms with van der Waals surface area (Å²) in [5.74, 6) is -3.28. The number of hydrogen-bond acceptors (Lipinski definition) is 5. The number of amides is 5. The Kier molecular flexibility index (Phi) is 4.30. The number of alkyl halides is 3. The van der Waals surface area contributed by atoms with E-state index in [9.17, 15) is 32.3 Å². The number of carbonyl (C=O) groups is 4. The highest BCUT2D eigenvalue weighted by atomic mass is 19.4. The zero-order valence-electron chi connectivity index (χ0n) is 13.1. The summed E-state index contributed by atoms with van der Waals surface area (Å²) in [5.41, 5.74) is 0.133. The summed E-state index contributed by atoms with van der Waals surface area (Å²) in [5, 5.41) is 2.32. The molecule has 138 valence electrons. The lowest BCUT2D eigenvalue weighted by molar-refractivity contribution is -0.274. The van der Waals surface area contributed by atoms with E-state index in [0.717, 1.165) is 29.2 Å². The topological polar surface area (TPSA) is 96.0 Å². The Bertz CT molecular complexity index is 774. The van der Waals surface area contributed by atoms with Gasteiger partial charge in [0.1, 0.15) is 12.3 Å². The highest BCUT2D eigenvalue weighted by Gasteiger charge is 2.51. The van der Waals surface area contributed by atoms with Gasteiger partial charge in [0.15, 0.2) is 0 Å². The Balaban J connectivity index is 1.59. The number of halogens is 3. The van der Waals surface area contributed by atoms with E-state index in [0.29, 0.717) is 17.7 Å². The third-order valence-corrected chi connectivity index (χ3v) is 3.67. The second-order valence-corrected chi connectivity index (χ2v) is 5.70. The predicted octanol–water partition coefficient (Wildman–Crippen LogP) is 1.48. The number of benzene rings is 1. The molecule has 0 spiro atoms. The molecule has 5 amide bonds. The number of nitrogens with one attached hydrogen (secondary N) is 1. The quantitative estimate of drug-likeness (QED) is 0.625. The number of anilines is 1. The molecular weight excluding hydrogens is 359 g/mol. The van der Waals surface area contributed by atoms with Crippen molar-refractivity contribution in [2.24, 2.45) is 0 Å². The zero-order valence-corrected chi connectivity index (χ0v) is 13.1. The summed E-state index contributed by atoms with van der Waals surface area (Å²) < 4.78 is 39.9. The Morgan fingerprint density at radius 2 is 1.73 bits per heavy atom. The van der Waals surface area contributed by atoms with Crippen LogP contribution in [-0.4, -0.2) is 52.5 Å². The Morgan fingerprint density at radius 1 is 1.12 bits per heavy atom. The highest BCUT2D eigenvalue weighted by molar-refractivity contribution is 6.45. The molecule has 3 rings (SSSR count). The molecule has 1 aliphatic carbocycles. The van der Waals surface area contributed by atoms with E-state index in [4.69, 9.17) is 0 Å². The summed E-state index contributed by atoms with van der Waals surface area (Å²) in [6, 6.07) is 3.17. The molecule has 2 aliphatic rings. The fourth-order valence-electron chi connectivity index (χ4n) is 2.40. The van der Waals surface area contributed by atoms with Crippen LogP contribution in [0.25, 0.3) is 0 Å². The van der Waals surface area contributed by atoms with Crippen molar-refractivity contribution < 1.29 is 37.1 Å². The van der Waals surface area contributed by atoms with Crippen LogP contribution in [0.3, 0.4) is 0 Å². The first kappa shape index (κ1) is 17.7. The molecule has 0 radical (unpaired) electrons. The van der Waals surface area contributed by atoms with Gasteiger partial charge < -0.3 is 10.1 Å². The smallest absolute Gasteiger partial charge is 0.406 e. The molecular formula is C15H12F3N3O5. The molecule has 11 heteroatoms. The van der Waals surface area contributed by atoms with E-state index in [1.54, 1.807) is 0 Å². The van der Waals surface area contributed by atoms with Gasteiger partial charge in [-0.2, -0.15) is 0 Å². The lowest BCUT2D eigenvalue weighted by atomic mass is 10.3. The zero-order chi connectivity index (χ0) is 19.1. The maximum atomic E-state index is 12.1. The van der Waals surface area contributed by atoms with Crippen LogP contribution in [0.4, 0.5) is 23.7 Å². The van der Waals surface area contributed by atoms with Crippen LogP contribution in [0.5, 0.6) is 5.75 Å². The predicted molar refractivity (Wildman–Crippen MR) is 78.7 cm³/mol. The molecule has 1 aromatic carbocycles. The van der Waals surface area contributed by atoms with E-state index >= 15 is 0 Å². The maximum Gasteiger partial charge on any atom is 0.573 e. The van der Waals surface area contributed by atoms with Crippen molar-refractivity contribution in [3.05, 3.63) is 24.3 Å². The largest absolute Gasteiger partial charge is 0.573 e. The van der Waals surface area contributed by atoms with Crippen LogP contribution < -0.4 is 10.1 Å². The Morgan fingerprint density at radius 3 is 2.27 bits per heavy atom. The van der Waals surface area contributed by atoms with Gasteiger partial charge in [-0.25, -0.2) is 9.69 Å². The number of imide groups is 2. The molecule has 26 heavy (non-hydrogen) atoms. The molecule has 0 aromatic heterocycles. The number of hydrogen-bond donors (Lipinski definition) is 1. The normalized spacial score (nSPS) is 17.7. The molecule has 0 bridgehead atoms. The van der Waals surface area contributed by atoms with E-state index < -0.39 is 42.4 Å². The fourth-order valence-corrected chi connectivity index (χ4v) is 2.40. The van der Waals surface area contributed by atoms with Crippen molar-refractivity contribution in [3.63, 3.8) is 0 Å². The number of urea groups is 1. The van der Waals surface area contributed by atoms with Gasteiger partial charge in [-0.15, -0.1) is 13.2 Å². The van der Waals surface area contributed by atoms with Crippen LogP contribution in [0.2, 0.25) is 0 Å². The summed E-state index contributed by atoms with van der Waals surface area (Å²) in [6.45, 7) is -0.673. The molecule has 1 aromatic rings. The number of carbonyl (C=O) groups excluding carboxylic acids is 4. The molecule has 0 unspecified atom stereocenters. The summed E-state index contributed by atoms with van der Waals surface area (Å²) in [6.07, 6.45) is -3.59. The van der Waals surface area contributed by atoms with Crippen LogP contribution >= 0.6 is 0 Å². The van der Waals surface area contributed by atoms with E-state index in [1.807, 2.05) is 0 Å². The van der Waals surface area contributed by atoms with Gasteiger partial charge >= 0.3 is 24.2 Å². The Labute approximate surface area is 144 Å². The van der Waals surface area contributed by atoms with Crippen molar-refractivity contribution in [2.45, 2.75) is 25.2 Å². The van der Waals surface area contributed by atoms with Gasteiger partial charge in [0, 0.05) is 11.7 Å². The molecule has 8 nitrogen and oxygen atoms in total. The lowest BCUT2D eigenvalue weighted by Gasteiger charge is -2.15. The van der Waals surface area contributed by atoms with Crippen molar-refractivity contribution in [1.82, 2.24) is 9.80 Å². The second-order valence-electron chi connectivity index (χ2n) is 5.70. The van der Waals surface area contributed by atoms with E-state index in [1.165, 1.54) is 0 Å². The van der Waals surface area contributed by atoms with Crippen molar-refractivity contribution in [1.29, 1.82) is 0 Å². The number of ether oxygens (including phenoxy) is 1. The van der Waals surface area contributed by atoms with Crippen LogP contribution in [-0.2, 0) is 14.4 Å². The summed E-state index contributed by atoms with van der Waals surface area (Å²) >= 11 is 0. The van der Waals surface area contributed by atoms with Gasteiger partial charge in [-0.3, -0.25) is 19.3 Å². The molecule has 1 N–H and O–H groups in total. The average molecular weight is 371 g/mol. The first-order valence-corrected chi connectivity index (χ1v) is 7.50. The number of nitrogens with zero attached hydrogens (tertiary/aromatic N) is 2. The molecule has 2 fully saturated rings. The molecule has 1 aliphatic heterocycles. The molecule has 1 saturated carbocycles. The minimum atomic E-state index is -4.83. The minimum absolute atomic E-state index is 0.133. The summed E-state index contributed by atoms with van der Waals surface area (Å²) in [4.78, 5) is 49.0. The minimum Gasteiger partial charge on any atom is -0.406 e. The highest BCUT2D eigenvalue weighted by Crippen LogP contribution is 2.31. The van der Waals surface area contributed by atoms with E-state index in [-0.39, 0.29) is 11.7 Å². The van der Waals surface area contributed by atoms with Gasteiger partial charge in [0.05, 0.1) is 0 Å². The second kappa shape index (κ2) is 6.32. The lowest BCUT2D eigenvalue weighted by Crippen LogP contribution is -2.39.